The number of carbonyl (C=O) groups is 3. The molecule has 3 aromatic rings. The minimum Gasteiger partial charge on any atom is -0.493 e. The lowest BCUT2D eigenvalue weighted by Crippen LogP contribution is -2.36. The van der Waals surface area contributed by atoms with E-state index in [1.54, 1.807) is 18.2 Å². The van der Waals surface area contributed by atoms with E-state index >= 15 is 0 Å². The third-order valence-corrected chi connectivity index (χ3v) is 6.96. The van der Waals surface area contributed by atoms with Crippen LogP contribution in [0.1, 0.15) is 16.7 Å². The van der Waals surface area contributed by atoms with Crippen LogP contribution < -0.4 is 14.8 Å². The van der Waals surface area contributed by atoms with Crippen LogP contribution in [-0.2, 0) is 16.2 Å². The highest BCUT2D eigenvalue weighted by Crippen LogP contribution is 2.38. The minimum atomic E-state index is -0.618. The summed E-state index contributed by atoms with van der Waals surface area (Å²) in [4.78, 5) is 38.7. The van der Waals surface area contributed by atoms with Crippen LogP contribution in [0.2, 0.25) is 0 Å². The van der Waals surface area contributed by atoms with Gasteiger partial charge in [0.05, 0.1) is 12.0 Å². The van der Waals surface area contributed by atoms with Crippen molar-refractivity contribution in [3.8, 4) is 11.5 Å². The van der Waals surface area contributed by atoms with Crippen LogP contribution in [-0.4, -0.2) is 35.6 Å². The van der Waals surface area contributed by atoms with Gasteiger partial charge < -0.3 is 14.8 Å². The molecule has 0 aliphatic carbocycles. The average Bonchev–Trinajstić information content (AvgIpc) is 3.12. The Morgan fingerprint density at radius 3 is 2.57 bits per heavy atom. The maximum atomic E-state index is 13.3. The molecule has 1 N–H and O–H groups in total. The van der Waals surface area contributed by atoms with Gasteiger partial charge in [0.1, 0.15) is 19.0 Å². The summed E-state index contributed by atoms with van der Waals surface area (Å²) in [5.41, 5.74) is 2.98. The summed E-state index contributed by atoms with van der Waals surface area (Å²) >= 11 is 4.22. The number of ether oxygens (including phenoxy) is 2. The molecule has 37 heavy (non-hydrogen) atoms. The highest BCUT2D eigenvalue weighted by atomic mass is 79.9. The summed E-state index contributed by atoms with van der Waals surface area (Å²) in [5.74, 6) is -0.772. The van der Waals surface area contributed by atoms with Gasteiger partial charge in [-0.25, -0.2) is 4.39 Å². The molecule has 0 saturated carbocycles. The van der Waals surface area contributed by atoms with Crippen molar-refractivity contribution in [3.05, 3.63) is 92.5 Å². The van der Waals surface area contributed by atoms with Gasteiger partial charge in [-0.1, -0.05) is 51.8 Å². The fraction of sp³-hybridized carbons (Fsp3) is 0.148. The second-order valence-electron chi connectivity index (χ2n) is 8.13. The van der Waals surface area contributed by atoms with Gasteiger partial charge in [0.25, 0.3) is 11.1 Å². The van der Waals surface area contributed by atoms with E-state index in [0.717, 1.165) is 33.9 Å². The maximum absolute atomic E-state index is 13.3. The first-order valence-electron chi connectivity index (χ1n) is 11.1. The Labute approximate surface area is 225 Å². The number of benzene rings is 3. The van der Waals surface area contributed by atoms with E-state index in [2.05, 4.69) is 21.2 Å². The molecule has 3 amide bonds. The molecule has 3 aromatic carbocycles. The first-order chi connectivity index (χ1) is 17.7. The fourth-order valence-corrected chi connectivity index (χ4v) is 4.73. The number of nitrogens with one attached hydrogen (secondary N) is 1. The van der Waals surface area contributed by atoms with Crippen LogP contribution in [0.15, 0.2) is 70.0 Å². The number of hydrogen-bond acceptors (Lipinski definition) is 6. The molecule has 190 valence electrons. The van der Waals surface area contributed by atoms with E-state index in [4.69, 9.17) is 9.47 Å². The van der Waals surface area contributed by atoms with E-state index in [-0.39, 0.29) is 10.6 Å². The Morgan fingerprint density at radius 1 is 1.11 bits per heavy atom. The van der Waals surface area contributed by atoms with Gasteiger partial charge >= 0.3 is 0 Å². The number of imide groups is 1. The van der Waals surface area contributed by atoms with Crippen molar-refractivity contribution in [2.45, 2.75) is 13.5 Å². The summed E-state index contributed by atoms with van der Waals surface area (Å²) in [7, 11) is 1.51. The zero-order chi connectivity index (χ0) is 26.5. The van der Waals surface area contributed by atoms with Crippen LogP contribution in [0, 0.1) is 12.7 Å². The molecule has 0 unspecified atom stereocenters. The van der Waals surface area contributed by atoms with Crippen LogP contribution in [0.3, 0.4) is 0 Å². The van der Waals surface area contributed by atoms with E-state index in [1.807, 2.05) is 31.2 Å². The van der Waals surface area contributed by atoms with Crippen LogP contribution in [0.4, 0.5) is 14.9 Å². The lowest BCUT2D eigenvalue weighted by Gasteiger charge is -2.13. The Balaban J connectivity index is 1.47. The molecule has 1 saturated heterocycles. The molecule has 0 atom stereocenters. The lowest BCUT2D eigenvalue weighted by atomic mass is 10.1. The number of carbonyl (C=O) groups excluding carboxylic acids is 3. The van der Waals surface area contributed by atoms with Gasteiger partial charge in [-0.3, -0.25) is 19.3 Å². The third kappa shape index (κ3) is 6.58. The zero-order valence-electron chi connectivity index (χ0n) is 19.9. The number of amides is 3. The maximum Gasteiger partial charge on any atom is 0.294 e. The van der Waals surface area contributed by atoms with Crippen molar-refractivity contribution in [2.75, 3.05) is 19.0 Å². The van der Waals surface area contributed by atoms with E-state index in [9.17, 15) is 18.8 Å². The van der Waals surface area contributed by atoms with Crippen molar-refractivity contribution in [3.63, 3.8) is 0 Å². The van der Waals surface area contributed by atoms with Crippen molar-refractivity contribution in [1.29, 1.82) is 0 Å². The van der Waals surface area contributed by atoms with Gasteiger partial charge in [0.2, 0.25) is 5.91 Å². The third-order valence-electron chi connectivity index (χ3n) is 5.37. The van der Waals surface area contributed by atoms with E-state index in [1.165, 1.54) is 25.3 Å². The Hall–Kier alpha value is -3.63. The molecule has 1 fully saturated rings. The normalized spacial score (nSPS) is 14.3. The Morgan fingerprint density at radius 2 is 1.86 bits per heavy atom. The fourth-order valence-electron chi connectivity index (χ4n) is 3.47. The van der Waals surface area contributed by atoms with Crippen molar-refractivity contribution >= 4 is 56.5 Å². The molecule has 4 rings (SSSR count). The quantitative estimate of drug-likeness (QED) is 0.319. The zero-order valence-corrected chi connectivity index (χ0v) is 22.3. The predicted molar refractivity (Wildman–Crippen MR) is 144 cm³/mol. The molecule has 1 aliphatic rings. The van der Waals surface area contributed by atoms with Crippen molar-refractivity contribution in [1.82, 2.24) is 4.90 Å². The van der Waals surface area contributed by atoms with E-state index in [0.29, 0.717) is 28.1 Å². The van der Waals surface area contributed by atoms with Gasteiger partial charge in [-0.2, -0.15) is 0 Å². The average molecular weight is 585 g/mol. The number of halogens is 2. The number of thioether (sulfide) groups is 1. The topological polar surface area (TPSA) is 84.9 Å². The van der Waals surface area contributed by atoms with Crippen molar-refractivity contribution < 1.29 is 28.2 Å². The summed E-state index contributed by atoms with van der Waals surface area (Å²) in [6, 6.07) is 16.7. The van der Waals surface area contributed by atoms with Crippen LogP contribution in [0.25, 0.3) is 6.08 Å². The lowest BCUT2D eigenvalue weighted by molar-refractivity contribution is -0.127. The minimum absolute atomic E-state index is 0.152. The number of aryl methyl sites for hydroxylation is 1. The molecule has 0 bridgehead atoms. The predicted octanol–water partition coefficient (Wildman–Crippen LogP) is 6.16. The number of hydrogen-bond donors (Lipinski definition) is 1. The molecule has 0 radical (unpaired) electrons. The second-order valence-corrected chi connectivity index (χ2v) is 9.97. The molecule has 0 spiro atoms. The van der Waals surface area contributed by atoms with Crippen LogP contribution >= 0.6 is 27.7 Å². The van der Waals surface area contributed by atoms with E-state index < -0.39 is 29.4 Å². The van der Waals surface area contributed by atoms with Gasteiger partial charge in [-0.05, 0) is 66.2 Å². The molecule has 1 heterocycles. The standard InChI is InChI=1S/C27H22BrFN2O5S/c1-16-6-8-17(9-7-16)15-36-23-13-21(28)18(10-22(23)35-2)11-24-26(33)31(27(34)37-24)14-25(32)30-20-5-3-4-19(29)12-20/h3-13H,14-15H2,1-2H3,(H,30,32)/b24-11+. The summed E-state index contributed by atoms with van der Waals surface area (Å²) in [6.07, 6.45) is 1.55. The molecule has 1 aliphatic heterocycles. The van der Waals surface area contributed by atoms with Gasteiger partial charge in [0.15, 0.2) is 11.5 Å². The molecule has 7 nitrogen and oxygen atoms in total. The monoisotopic (exact) mass is 584 g/mol. The molecule has 0 aromatic heterocycles. The first-order valence-corrected chi connectivity index (χ1v) is 12.7. The largest absolute Gasteiger partial charge is 0.493 e. The second kappa shape index (κ2) is 11.6. The Kier molecular flexibility index (Phi) is 8.30. The number of nitrogens with zero attached hydrogens (tertiary/aromatic N) is 1. The molecular formula is C27H22BrFN2O5S. The highest BCUT2D eigenvalue weighted by molar-refractivity contribution is 9.10. The molecular weight excluding hydrogens is 563 g/mol. The smallest absolute Gasteiger partial charge is 0.294 e. The van der Waals surface area contributed by atoms with Crippen LogP contribution in [0.5, 0.6) is 11.5 Å². The summed E-state index contributed by atoms with van der Waals surface area (Å²) < 4.78 is 25.4. The summed E-state index contributed by atoms with van der Waals surface area (Å²) in [5, 5.41) is 1.90. The molecule has 10 heteroatoms. The number of anilines is 1. The highest BCUT2D eigenvalue weighted by Gasteiger charge is 2.36. The van der Waals surface area contributed by atoms with Gasteiger partial charge in [-0.15, -0.1) is 0 Å². The first kappa shape index (κ1) is 26.4. The number of rotatable bonds is 8. The Bertz CT molecular complexity index is 1390. The van der Waals surface area contributed by atoms with Gasteiger partial charge in [0, 0.05) is 10.2 Å². The summed E-state index contributed by atoms with van der Waals surface area (Å²) in [6.45, 7) is 1.87. The van der Waals surface area contributed by atoms with Crippen molar-refractivity contribution in [2.24, 2.45) is 0 Å². The number of methoxy groups -OCH3 is 1. The SMILES string of the molecule is COc1cc(/C=C2/SC(=O)N(CC(=O)Nc3cccc(F)c3)C2=O)c(Br)cc1OCc1ccc(C)cc1.